The Bertz CT molecular complexity index is 985. The number of amides is 1. The summed E-state index contributed by atoms with van der Waals surface area (Å²) in [5, 5.41) is 4.29. The van der Waals surface area contributed by atoms with E-state index in [-0.39, 0.29) is 5.91 Å². The zero-order valence-corrected chi connectivity index (χ0v) is 18.3. The highest BCUT2D eigenvalue weighted by Gasteiger charge is 2.49. The molecule has 1 saturated heterocycles. The Morgan fingerprint density at radius 3 is 2.58 bits per heavy atom. The average Bonchev–Trinajstić information content (AvgIpc) is 3.44. The molecular weight excluding hydrogens is 388 g/mol. The third kappa shape index (κ3) is 4.39. The fourth-order valence-corrected chi connectivity index (χ4v) is 4.63. The van der Waals surface area contributed by atoms with Crippen LogP contribution in [0.5, 0.6) is 0 Å². The van der Waals surface area contributed by atoms with E-state index in [9.17, 15) is 4.79 Å². The lowest BCUT2D eigenvalue weighted by Crippen LogP contribution is -2.57. The second-order valence-corrected chi connectivity index (χ2v) is 8.11. The molecule has 0 N–H and O–H groups in total. The second-order valence-electron chi connectivity index (χ2n) is 8.11. The number of carbonyl (C=O) groups excluding carboxylic acids is 1. The molecule has 6 nitrogen and oxygen atoms in total. The van der Waals surface area contributed by atoms with Crippen molar-refractivity contribution in [2.45, 2.75) is 45.2 Å². The molecule has 1 aliphatic heterocycles. The SMILES string of the molecule is CCN(CC)C(=O)[C@@]1(Cc2cc(-c3ccccc3)no2)CCCN1Cc1ccncc1. The maximum Gasteiger partial charge on any atom is 0.243 e. The van der Waals surface area contributed by atoms with Crippen LogP contribution in [0.2, 0.25) is 0 Å². The molecule has 2 aromatic heterocycles. The standard InChI is InChI=1S/C25H30N4O2/c1-3-28(4-2)24(30)25(13-8-16-29(25)19-20-11-14-26-15-12-20)18-22-17-23(27-31-22)21-9-6-5-7-10-21/h5-7,9-12,14-15,17H,3-4,8,13,16,18-19H2,1-2H3/t25-/m0/s1. The molecule has 1 aromatic carbocycles. The summed E-state index contributed by atoms with van der Waals surface area (Å²) in [5.74, 6) is 0.933. The molecule has 1 atom stereocenters. The number of hydrogen-bond donors (Lipinski definition) is 0. The smallest absolute Gasteiger partial charge is 0.243 e. The highest BCUT2D eigenvalue weighted by atomic mass is 16.5. The molecule has 1 amide bonds. The minimum Gasteiger partial charge on any atom is -0.361 e. The molecule has 0 saturated carbocycles. The summed E-state index contributed by atoms with van der Waals surface area (Å²) in [5.41, 5.74) is 2.36. The van der Waals surface area contributed by atoms with Crippen LogP contribution in [-0.2, 0) is 17.8 Å². The van der Waals surface area contributed by atoms with Crippen molar-refractivity contribution in [2.24, 2.45) is 0 Å². The van der Waals surface area contributed by atoms with Gasteiger partial charge in [-0.15, -0.1) is 0 Å². The van der Waals surface area contributed by atoms with Gasteiger partial charge in [-0.3, -0.25) is 14.7 Å². The van der Waals surface area contributed by atoms with E-state index in [0.717, 1.165) is 48.5 Å². The van der Waals surface area contributed by atoms with Crippen molar-refractivity contribution in [1.82, 2.24) is 19.9 Å². The van der Waals surface area contributed by atoms with E-state index in [0.29, 0.717) is 19.5 Å². The fourth-order valence-electron chi connectivity index (χ4n) is 4.63. The lowest BCUT2D eigenvalue weighted by Gasteiger charge is -2.40. The van der Waals surface area contributed by atoms with Gasteiger partial charge in [-0.05, 0) is 50.9 Å². The van der Waals surface area contributed by atoms with Crippen molar-refractivity contribution in [1.29, 1.82) is 0 Å². The van der Waals surface area contributed by atoms with Gasteiger partial charge in [0.15, 0.2) is 0 Å². The molecule has 3 heterocycles. The number of benzene rings is 1. The number of pyridine rings is 1. The topological polar surface area (TPSA) is 62.5 Å². The first-order valence-corrected chi connectivity index (χ1v) is 11.1. The molecule has 0 unspecified atom stereocenters. The van der Waals surface area contributed by atoms with E-state index in [4.69, 9.17) is 4.52 Å². The highest BCUT2D eigenvalue weighted by Crippen LogP contribution is 2.36. The monoisotopic (exact) mass is 418 g/mol. The van der Waals surface area contributed by atoms with Gasteiger partial charge in [-0.25, -0.2) is 0 Å². The lowest BCUT2D eigenvalue weighted by atomic mass is 9.88. The van der Waals surface area contributed by atoms with Crippen molar-refractivity contribution < 1.29 is 9.32 Å². The van der Waals surface area contributed by atoms with Gasteiger partial charge in [0.2, 0.25) is 5.91 Å². The molecule has 0 aliphatic carbocycles. The Balaban J connectivity index is 1.66. The molecule has 1 aliphatic rings. The van der Waals surface area contributed by atoms with Crippen LogP contribution in [0.4, 0.5) is 0 Å². The molecule has 3 aromatic rings. The zero-order valence-electron chi connectivity index (χ0n) is 18.3. The Kier molecular flexibility index (Phi) is 6.47. The zero-order chi connectivity index (χ0) is 21.7. The maximum atomic E-state index is 13.8. The van der Waals surface area contributed by atoms with Gasteiger partial charge in [-0.1, -0.05) is 35.5 Å². The molecule has 0 radical (unpaired) electrons. The van der Waals surface area contributed by atoms with E-state index in [1.807, 2.05) is 79.7 Å². The van der Waals surface area contributed by atoms with Gasteiger partial charge in [0.05, 0.1) is 0 Å². The van der Waals surface area contributed by atoms with Crippen LogP contribution in [0.15, 0.2) is 65.4 Å². The first-order valence-electron chi connectivity index (χ1n) is 11.1. The molecule has 31 heavy (non-hydrogen) atoms. The Morgan fingerprint density at radius 2 is 1.87 bits per heavy atom. The highest BCUT2D eigenvalue weighted by molar-refractivity contribution is 5.87. The third-order valence-electron chi connectivity index (χ3n) is 6.29. The molecule has 0 bridgehead atoms. The number of hydrogen-bond acceptors (Lipinski definition) is 5. The summed E-state index contributed by atoms with van der Waals surface area (Å²) < 4.78 is 5.74. The van der Waals surface area contributed by atoms with E-state index >= 15 is 0 Å². The van der Waals surface area contributed by atoms with Gasteiger partial charge in [0, 0.05) is 50.1 Å². The van der Waals surface area contributed by atoms with Crippen LogP contribution in [0.1, 0.15) is 38.0 Å². The number of likely N-dealkylation sites (tertiary alicyclic amines) is 1. The fraction of sp³-hybridized carbons (Fsp3) is 0.400. The van der Waals surface area contributed by atoms with Crippen LogP contribution in [0, 0.1) is 0 Å². The summed E-state index contributed by atoms with van der Waals surface area (Å²) in [4.78, 5) is 22.2. The van der Waals surface area contributed by atoms with Crippen molar-refractivity contribution in [3.8, 4) is 11.3 Å². The van der Waals surface area contributed by atoms with E-state index in [1.54, 1.807) is 0 Å². The largest absolute Gasteiger partial charge is 0.361 e. The van der Waals surface area contributed by atoms with Crippen LogP contribution < -0.4 is 0 Å². The van der Waals surface area contributed by atoms with Crippen molar-refractivity contribution >= 4 is 5.91 Å². The predicted octanol–water partition coefficient (Wildman–Crippen LogP) is 4.18. The van der Waals surface area contributed by atoms with Crippen LogP contribution in [0.3, 0.4) is 0 Å². The first kappa shape index (κ1) is 21.2. The maximum absolute atomic E-state index is 13.8. The number of carbonyl (C=O) groups is 1. The molecule has 6 heteroatoms. The summed E-state index contributed by atoms with van der Waals surface area (Å²) in [6.45, 7) is 7.08. The summed E-state index contributed by atoms with van der Waals surface area (Å²) >= 11 is 0. The normalized spacial score (nSPS) is 18.9. The quantitative estimate of drug-likeness (QED) is 0.549. The predicted molar refractivity (Wildman–Crippen MR) is 120 cm³/mol. The van der Waals surface area contributed by atoms with E-state index in [2.05, 4.69) is 15.0 Å². The number of likely N-dealkylation sites (N-methyl/N-ethyl adjacent to an activating group) is 1. The van der Waals surface area contributed by atoms with Crippen molar-refractivity contribution in [3.05, 3.63) is 72.2 Å². The van der Waals surface area contributed by atoms with Gasteiger partial charge < -0.3 is 9.42 Å². The minimum absolute atomic E-state index is 0.182. The summed E-state index contributed by atoms with van der Waals surface area (Å²) in [6, 6.07) is 16.0. The lowest BCUT2D eigenvalue weighted by molar-refractivity contribution is -0.143. The van der Waals surface area contributed by atoms with Gasteiger partial charge in [-0.2, -0.15) is 0 Å². The van der Waals surface area contributed by atoms with Crippen LogP contribution in [-0.4, -0.2) is 51.0 Å². The Morgan fingerprint density at radius 1 is 1.13 bits per heavy atom. The van der Waals surface area contributed by atoms with E-state index in [1.165, 1.54) is 0 Å². The Hall–Kier alpha value is -2.99. The number of rotatable bonds is 8. The molecule has 0 spiro atoms. The number of nitrogens with zero attached hydrogens (tertiary/aromatic N) is 4. The third-order valence-corrected chi connectivity index (χ3v) is 6.29. The van der Waals surface area contributed by atoms with Gasteiger partial charge in [0.25, 0.3) is 0 Å². The molecule has 162 valence electrons. The minimum atomic E-state index is -0.622. The van der Waals surface area contributed by atoms with Crippen LogP contribution in [0.25, 0.3) is 11.3 Å². The molecule has 4 rings (SSSR count). The second kappa shape index (κ2) is 9.43. The van der Waals surface area contributed by atoms with Crippen molar-refractivity contribution in [2.75, 3.05) is 19.6 Å². The molecular formula is C25H30N4O2. The van der Waals surface area contributed by atoms with E-state index < -0.39 is 5.54 Å². The Labute approximate surface area is 183 Å². The molecule has 1 fully saturated rings. The summed E-state index contributed by atoms with van der Waals surface area (Å²) in [6.07, 6.45) is 5.93. The van der Waals surface area contributed by atoms with Crippen molar-refractivity contribution in [3.63, 3.8) is 0 Å². The van der Waals surface area contributed by atoms with Gasteiger partial charge in [0.1, 0.15) is 17.0 Å². The first-order chi connectivity index (χ1) is 15.2. The van der Waals surface area contributed by atoms with Gasteiger partial charge >= 0.3 is 0 Å². The summed E-state index contributed by atoms with van der Waals surface area (Å²) in [7, 11) is 0. The number of aromatic nitrogens is 2. The van der Waals surface area contributed by atoms with Crippen LogP contribution >= 0.6 is 0 Å². The average molecular weight is 419 g/mol.